The van der Waals surface area contributed by atoms with Crippen molar-refractivity contribution in [1.82, 2.24) is 10.3 Å². The highest BCUT2D eigenvalue weighted by atomic mass is 32.1. The molecule has 6 nitrogen and oxygen atoms in total. The van der Waals surface area contributed by atoms with Gasteiger partial charge in [-0.3, -0.25) is 4.79 Å². The quantitative estimate of drug-likeness (QED) is 0.683. The minimum atomic E-state index is -0.204. The number of nitrogens with zero attached hydrogens (tertiary/aromatic N) is 1. The molecular weight excluding hydrogens is 276 g/mol. The number of amides is 1. The van der Waals surface area contributed by atoms with Crippen molar-refractivity contribution in [3.8, 4) is 0 Å². The number of rotatable bonds is 8. The molecule has 0 saturated heterocycles. The Morgan fingerprint density at radius 1 is 1.45 bits per heavy atom. The van der Waals surface area contributed by atoms with Gasteiger partial charge in [-0.15, -0.1) is 0 Å². The highest BCUT2D eigenvalue weighted by molar-refractivity contribution is 7.18. The number of anilines is 2. The van der Waals surface area contributed by atoms with Gasteiger partial charge in [-0.25, -0.2) is 4.98 Å². The average molecular weight is 300 g/mol. The third-order valence-electron chi connectivity index (χ3n) is 2.47. The topological polar surface area (TPSA) is 89.3 Å². The van der Waals surface area contributed by atoms with Gasteiger partial charge in [0, 0.05) is 19.2 Å². The summed E-state index contributed by atoms with van der Waals surface area (Å²) in [6.45, 7) is 9.94. The van der Waals surface area contributed by atoms with Gasteiger partial charge in [0.1, 0.15) is 10.7 Å². The Kier molecular flexibility index (Phi) is 6.74. The fraction of sp³-hybridized carbons (Fsp3) is 0.692. The standard InChI is InChI=1S/C13H24N4O2S/c1-5-19-7-9(4)16-12(18)10-11(14)17-13(20-10)15-6-8(2)3/h8-9H,5-7,14H2,1-4H3,(H,15,17)(H,16,18). The first kappa shape index (κ1) is 16.7. The lowest BCUT2D eigenvalue weighted by Crippen LogP contribution is -2.35. The fourth-order valence-electron chi connectivity index (χ4n) is 1.49. The van der Waals surface area contributed by atoms with Crippen LogP contribution in [0.1, 0.15) is 37.4 Å². The second-order valence-corrected chi connectivity index (χ2v) is 6.04. The van der Waals surface area contributed by atoms with Crippen LogP contribution in [0.4, 0.5) is 10.9 Å². The summed E-state index contributed by atoms with van der Waals surface area (Å²) in [6, 6.07) is -0.0592. The lowest BCUT2D eigenvalue weighted by Gasteiger charge is -2.12. The van der Waals surface area contributed by atoms with Crippen LogP contribution >= 0.6 is 11.3 Å². The van der Waals surface area contributed by atoms with Gasteiger partial charge in [-0.05, 0) is 19.8 Å². The first-order chi connectivity index (χ1) is 9.43. The summed E-state index contributed by atoms with van der Waals surface area (Å²) in [4.78, 5) is 16.7. The predicted molar refractivity (Wildman–Crippen MR) is 83.3 cm³/mol. The van der Waals surface area contributed by atoms with Crippen LogP contribution in [0.3, 0.4) is 0 Å². The molecule has 7 heteroatoms. The third-order valence-corrected chi connectivity index (χ3v) is 3.50. The van der Waals surface area contributed by atoms with Crippen molar-refractivity contribution < 1.29 is 9.53 Å². The van der Waals surface area contributed by atoms with Crippen molar-refractivity contribution in [2.24, 2.45) is 5.92 Å². The summed E-state index contributed by atoms with van der Waals surface area (Å²) in [7, 11) is 0. The largest absolute Gasteiger partial charge is 0.382 e. The second-order valence-electron chi connectivity index (χ2n) is 5.04. The SMILES string of the molecule is CCOCC(C)NC(=O)c1sc(NCC(C)C)nc1N. The molecule has 0 spiro atoms. The van der Waals surface area contributed by atoms with Gasteiger partial charge in [0.15, 0.2) is 5.13 Å². The molecule has 114 valence electrons. The van der Waals surface area contributed by atoms with E-state index in [4.69, 9.17) is 10.5 Å². The number of nitrogens with one attached hydrogen (secondary N) is 2. The monoisotopic (exact) mass is 300 g/mol. The van der Waals surface area contributed by atoms with Crippen LogP contribution < -0.4 is 16.4 Å². The predicted octanol–water partition coefficient (Wildman–Crippen LogP) is 1.95. The lowest BCUT2D eigenvalue weighted by molar-refractivity contribution is 0.0876. The van der Waals surface area contributed by atoms with Gasteiger partial charge >= 0.3 is 0 Å². The van der Waals surface area contributed by atoms with Crippen LogP contribution in [-0.4, -0.2) is 36.7 Å². The van der Waals surface area contributed by atoms with Crippen LogP contribution in [0.15, 0.2) is 0 Å². The highest BCUT2D eigenvalue weighted by Crippen LogP contribution is 2.25. The van der Waals surface area contributed by atoms with Gasteiger partial charge < -0.3 is 21.1 Å². The van der Waals surface area contributed by atoms with Crippen molar-refractivity contribution in [2.45, 2.75) is 33.7 Å². The Hall–Kier alpha value is -1.34. The van der Waals surface area contributed by atoms with Crippen molar-refractivity contribution in [3.63, 3.8) is 0 Å². The molecule has 0 aliphatic rings. The van der Waals surface area contributed by atoms with Crippen molar-refractivity contribution in [1.29, 1.82) is 0 Å². The van der Waals surface area contributed by atoms with E-state index in [9.17, 15) is 4.79 Å². The first-order valence-corrected chi connectivity index (χ1v) is 7.64. The molecule has 1 aromatic heterocycles. The fourth-order valence-corrected chi connectivity index (χ4v) is 2.28. The Morgan fingerprint density at radius 3 is 2.75 bits per heavy atom. The third kappa shape index (κ3) is 5.34. The number of carbonyl (C=O) groups excluding carboxylic acids is 1. The Morgan fingerprint density at radius 2 is 2.15 bits per heavy atom. The molecule has 1 rings (SSSR count). The molecule has 1 amide bonds. The molecule has 4 N–H and O–H groups in total. The zero-order chi connectivity index (χ0) is 15.1. The summed E-state index contributed by atoms with van der Waals surface area (Å²) in [5.41, 5.74) is 5.79. The van der Waals surface area contributed by atoms with Crippen LogP contribution in [0.25, 0.3) is 0 Å². The summed E-state index contributed by atoms with van der Waals surface area (Å²) in [5, 5.41) is 6.70. The van der Waals surface area contributed by atoms with E-state index >= 15 is 0 Å². The number of hydrogen-bond donors (Lipinski definition) is 3. The number of ether oxygens (including phenoxy) is 1. The maximum absolute atomic E-state index is 12.1. The number of hydrogen-bond acceptors (Lipinski definition) is 6. The molecule has 1 unspecified atom stereocenters. The Balaban J connectivity index is 2.59. The van der Waals surface area contributed by atoms with Crippen LogP contribution in [-0.2, 0) is 4.74 Å². The number of nitrogen functional groups attached to an aromatic ring is 1. The van der Waals surface area contributed by atoms with E-state index in [2.05, 4.69) is 29.5 Å². The van der Waals surface area contributed by atoms with E-state index in [-0.39, 0.29) is 17.8 Å². The summed E-state index contributed by atoms with van der Waals surface area (Å²) >= 11 is 1.28. The molecule has 0 radical (unpaired) electrons. The van der Waals surface area contributed by atoms with Crippen LogP contribution in [0.2, 0.25) is 0 Å². The van der Waals surface area contributed by atoms with E-state index < -0.39 is 0 Å². The highest BCUT2D eigenvalue weighted by Gasteiger charge is 2.18. The zero-order valence-corrected chi connectivity index (χ0v) is 13.3. The van der Waals surface area contributed by atoms with Crippen molar-refractivity contribution in [2.75, 3.05) is 30.8 Å². The molecule has 0 fully saturated rings. The minimum absolute atomic E-state index is 0.0592. The molecule has 0 saturated carbocycles. The average Bonchev–Trinajstić information content (AvgIpc) is 2.75. The number of thiazole rings is 1. The van der Waals surface area contributed by atoms with Gasteiger partial charge in [-0.1, -0.05) is 25.2 Å². The lowest BCUT2D eigenvalue weighted by atomic mass is 10.2. The van der Waals surface area contributed by atoms with E-state index in [1.54, 1.807) is 0 Å². The maximum atomic E-state index is 12.1. The van der Waals surface area contributed by atoms with Gasteiger partial charge in [-0.2, -0.15) is 0 Å². The number of aromatic nitrogens is 1. The van der Waals surface area contributed by atoms with Crippen LogP contribution in [0.5, 0.6) is 0 Å². The molecule has 1 atom stereocenters. The Bertz CT molecular complexity index is 434. The first-order valence-electron chi connectivity index (χ1n) is 6.82. The van der Waals surface area contributed by atoms with E-state index in [1.807, 2.05) is 13.8 Å². The molecule has 0 aliphatic heterocycles. The summed E-state index contributed by atoms with van der Waals surface area (Å²) < 4.78 is 5.26. The van der Waals surface area contributed by atoms with Gasteiger partial charge in [0.25, 0.3) is 5.91 Å². The zero-order valence-electron chi connectivity index (χ0n) is 12.5. The van der Waals surface area contributed by atoms with Crippen molar-refractivity contribution in [3.05, 3.63) is 4.88 Å². The van der Waals surface area contributed by atoms with Gasteiger partial charge in [0.05, 0.1) is 6.61 Å². The molecule has 20 heavy (non-hydrogen) atoms. The molecule has 1 aromatic rings. The van der Waals surface area contributed by atoms with E-state index in [0.717, 1.165) is 6.54 Å². The number of carbonyl (C=O) groups is 1. The normalized spacial score (nSPS) is 12.4. The molecule has 0 aromatic carbocycles. The van der Waals surface area contributed by atoms with E-state index in [0.29, 0.717) is 29.1 Å². The van der Waals surface area contributed by atoms with Crippen LogP contribution in [0, 0.1) is 5.92 Å². The minimum Gasteiger partial charge on any atom is -0.382 e. The van der Waals surface area contributed by atoms with E-state index in [1.165, 1.54) is 11.3 Å². The number of nitrogens with two attached hydrogens (primary N) is 1. The summed E-state index contributed by atoms with van der Waals surface area (Å²) in [5.74, 6) is 0.566. The maximum Gasteiger partial charge on any atom is 0.265 e. The second kappa shape index (κ2) is 8.06. The molecule has 0 bridgehead atoms. The summed E-state index contributed by atoms with van der Waals surface area (Å²) in [6.07, 6.45) is 0. The molecular formula is C13H24N4O2S. The molecule has 0 aliphatic carbocycles. The van der Waals surface area contributed by atoms with Crippen molar-refractivity contribution >= 4 is 28.2 Å². The molecule has 1 heterocycles. The van der Waals surface area contributed by atoms with Gasteiger partial charge in [0.2, 0.25) is 0 Å². The smallest absolute Gasteiger partial charge is 0.265 e. The Labute approximate surface area is 124 Å².